The lowest BCUT2D eigenvalue weighted by Crippen LogP contribution is -2.44. The molecule has 0 aromatic carbocycles. The van der Waals surface area contributed by atoms with Crippen molar-refractivity contribution in [3.05, 3.63) is 0 Å². The van der Waals surface area contributed by atoms with Crippen molar-refractivity contribution < 1.29 is 9.59 Å². The monoisotopic (exact) mass is 279 g/mol. The van der Waals surface area contributed by atoms with E-state index < -0.39 is 0 Å². The fourth-order valence-corrected chi connectivity index (χ4v) is 3.95. The lowest BCUT2D eigenvalue weighted by Gasteiger charge is -2.27. The van der Waals surface area contributed by atoms with E-state index >= 15 is 0 Å². The molecule has 0 aromatic heterocycles. The molecule has 2 amide bonds. The first-order valence-electron chi connectivity index (χ1n) is 7.95. The van der Waals surface area contributed by atoms with Crippen LogP contribution in [0.15, 0.2) is 0 Å². The van der Waals surface area contributed by atoms with Crippen LogP contribution in [0.3, 0.4) is 0 Å². The second-order valence-electron chi connectivity index (χ2n) is 6.56. The van der Waals surface area contributed by atoms with Crippen LogP contribution in [0.1, 0.15) is 26.2 Å². The van der Waals surface area contributed by atoms with Gasteiger partial charge in [-0.3, -0.25) is 14.5 Å². The van der Waals surface area contributed by atoms with Gasteiger partial charge in [-0.25, -0.2) is 0 Å². The van der Waals surface area contributed by atoms with E-state index in [9.17, 15) is 9.59 Å². The zero-order valence-electron chi connectivity index (χ0n) is 12.3. The number of piperazine rings is 1. The van der Waals surface area contributed by atoms with Gasteiger partial charge in [-0.2, -0.15) is 0 Å². The van der Waals surface area contributed by atoms with E-state index in [1.165, 1.54) is 0 Å². The van der Waals surface area contributed by atoms with Gasteiger partial charge < -0.3 is 10.2 Å². The minimum absolute atomic E-state index is 0.00307. The normalized spacial score (nSPS) is 34.9. The number of nitrogens with one attached hydrogen (secondary N) is 1. The van der Waals surface area contributed by atoms with Crippen molar-refractivity contribution in [2.75, 3.05) is 39.3 Å². The average molecular weight is 279 g/mol. The van der Waals surface area contributed by atoms with E-state index in [0.717, 1.165) is 52.0 Å². The highest BCUT2D eigenvalue weighted by Gasteiger charge is 2.51. The van der Waals surface area contributed by atoms with E-state index in [1.807, 2.05) is 0 Å². The molecule has 0 radical (unpaired) electrons. The number of likely N-dealkylation sites (tertiary alicyclic amines) is 1. The number of fused-ring (bicyclic) bond motifs is 1. The average Bonchev–Trinajstić information content (AvgIpc) is 2.93. The molecular weight excluding hydrogens is 254 g/mol. The summed E-state index contributed by atoms with van der Waals surface area (Å²) in [6.07, 6.45) is 2.72. The van der Waals surface area contributed by atoms with Crippen LogP contribution in [0, 0.1) is 17.8 Å². The molecule has 0 aromatic rings. The Balaban J connectivity index is 1.48. The van der Waals surface area contributed by atoms with Crippen molar-refractivity contribution in [3.63, 3.8) is 0 Å². The number of hydrogen-bond acceptors (Lipinski definition) is 4. The number of nitrogens with zero attached hydrogens (tertiary/aromatic N) is 2. The smallest absolute Gasteiger partial charge is 0.233 e. The molecule has 1 saturated carbocycles. The Morgan fingerprint density at radius 1 is 1.05 bits per heavy atom. The zero-order valence-corrected chi connectivity index (χ0v) is 12.3. The molecule has 2 unspecified atom stereocenters. The standard InChI is InChI=1S/C15H25N3O2/c1-11-9-12-13(10-11)15(20)18(14(12)19)6-2-5-17-7-3-16-4-8-17/h11-13,16H,2-10H2,1H3. The Morgan fingerprint density at radius 3 is 2.25 bits per heavy atom. The molecule has 2 saturated heterocycles. The maximum absolute atomic E-state index is 12.3. The van der Waals surface area contributed by atoms with Gasteiger partial charge in [0.15, 0.2) is 0 Å². The summed E-state index contributed by atoms with van der Waals surface area (Å²) in [5, 5.41) is 3.33. The van der Waals surface area contributed by atoms with Crippen LogP contribution in [0.5, 0.6) is 0 Å². The topological polar surface area (TPSA) is 52.7 Å². The summed E-state index contributed by atoms with van der Waals surface area (Å²) in [5.41, 5.74) is 0. The number of carbonyl (C=O) groups excluding carboxylic acids is 2. The van der Waals surface area contributed by atoms with E-state index in [2.05, 4.69) is 17.1 Å². The number of amides is 2. The minimum Gasteiger partial charge on any atom is -0.314 e. The molecule has 112 valence electrons. The molecule has 2 heterocycles. The van der Waals surface area contributed by atoms with Crippen LogP contribution in [0.4, 0.5) is 0 Å². The number of carbonyl (C=O) groups is 2. The van der Waals surface area contributed by atoms with Gasteiger partial charge >= 0.3 is 0 Å². The highest BCUT2D eigenvalue weighted by molar-refractivity contribution is 6.05. The lowest BCUT2D eigenvalue weighted by atomic mass is 10.00. The summed E-state index contributed by atoms with van der Waals surface area (Å²) >= 11 is 0. The Kier molecular flexibility index (Phi) is 4.08. The van der Waals surface area contributed by atoms with Crippen molar-refractivity contribution in [1.29, 1.82) is 0 Å². The first kappa shape index (κ1) is 14.0. The van der Waals surface area contributed by atoms with E-state index in [0.29, 0.717) is 12.5 Å². The van der Waals surface area contributed by atoms with Gasteiger partial charge in [-0.05, 0) is 31.7 Å². The van der Waals surface area contributed by atoms with Gasteiger partial charge in [0.25, 0.3) is 0 Å². The first-order chi connectivity index (χ1) is 9.66. The number of hydrogen-bond donors (Lipinski definition) is 1. The molecule has 5 heteroatoms. The molecule has 0 bridgehead atoms. The van der Waals surface area contributed by atoms with Crippen LogP contribution in [0.2, 0.25) is 0 Å². The van der Waals surface area contributed by atoms with Gasteiger partial charge in [-0.1, -0.05) is 6.92 Å². The molecule has 2 atom stereocenters. The Labute approximate surface area is 120 Å². The Morgan fingerprint density at radius 2 is 1.65 bits per heavy atom. The summed E-state index contributed by atoms with van der Waals surface area (Å²) in [6.45, 7) is 7.99. The van der Waals surface area contributed by atoms with Crippen LogP contribution in [-0.4, -0.2) is 60.9 Å². The predicted octanol–water partition coefficient (Wildman–Crippen LogP) is 0.313. The van der Waals surface area contributed by atoms with Crippen molar-refractivity contribution in [2.24, 2.45) is 17.8 Å². The van der Waals surface area contributed by atoms with E-state index in [-0.39, 0.29) is 23.7 Å². The molecule has 2 aliphatic heterocycles. The summed E-state index contributed by atoms with van der Waals surface area (Å²) in [6, 6.07) is 0. The molecule has 3 aliphatic rings. The van der Waals surface area contributed by atoms with Crippen LogP contribution in [0.25, 0.3) is 0 Å². The highest BCUT2D eigenvalue weighted by atomic mass is 16.2. The third-order valence-electron chi connectivity index (χ3n) is 5.03. The third kappa shape index (κ3) is 2.61. The molecule has 5 nitrogen and oxygen atoms in total. The molecule has 1 N–H and O–H groups in total. The SMILES string of the molecule is CC1CC2C(=O)N(CCCN3CCNCC3)C(=O)C2C1. The fourth-order valence-electron chi connectivity index (χ4n) is 3.95. The Hall–Kier alpha value is -0.940. The van der Waals surface area contributed by atoms with Crippen molar-refractivity contribution in [2.45, 2.75) is 26.2 Å². The lowest BCUT2D eigenvalue weighted by molar-refractivity contribution is -0.140. The van der Waals surface area contributed by atoms with Crippen LogP contribution in [-0.2, 0) is 9.59 Å². The second-order valence-corrected chi connectivity index (χ2v) is 6.56. The van der Waals surface area contributed by atoms with Gasteiger partial charge in [0.05, 0.1) is 11.8 Å². The van der Waals surface area contributed by atoms with Crippen molar-refractivity contribution in [1.82, 2.24) is 15.1 Å². The van der Waals surface area contributed by atoms with Gasteiger partial charge in [0.1, 0.15) is 0 Å². The number of rotatable bonds is 4. The van der Waals surface area contributed by atoms with E-state index in [1.54, 1.807) is 4.90 Å². The summed E-state index contributed by atoms with van der Waals surface area (Å²) in [7, 11) is 0. The first-order valence-corrected chi connectivity index (χ1v) is 7.95. The highest BCUT2D eigenvalue weighted by Crippen LogP contribution is 2.42. The van der Waals surface area contributed by atoms with Crippen molar-refractivity contribution >= 4 is 11.8 Å². The minimum atomic E-state index is -0.00307. The quantitative estimate of drug-likeness (QED) is 0.753. The zero-order chi connectivity index (χ0) is 14.1. The predicted molar refractivity (Wildman–Crippen MR) is 76.0 cm³/mol. The van der Waals surface area contributed by atoms with Gasteiger partial charge in [-0.15, -0.1) is 0 Å². The van der Waals surface area contributed by atoms with Crippen LogP contribution < -0.4 is 5.32 Å². The molecular formula is C15H25N3O2. The molecule has 3 fully saturated rings. The van der Waals surface area contributed by atoms with Gasteiger partial charge in [0, 0.05) is 32.7 Å². The van der Waals surface area contributed by atoms with Crippen molar-refractivity contribution in [3.8, 4) is 0 Å². The second kappa shape index (κ2) is 5.82. The Bertz CT molecular complexity index is 369. The summed E-state index contributed by atoms with van der Waals surface area (Å²) in [4.78, 5) is 28.6. The van der Waals surface area contributed by atoms with E-state index in [4.69, 9.17) is 0 Å². The molecule has 0 spiro atoms. The summed E-state index contributed by atoms with van der Waals surface area (Å²) in [5.74, 6) is 0.726. The molecule has 3 rings (SSSR count). The number of imide groups is 1. The largest absolute Gasteiger partial charge is 0.314 e. The van der Waals surface area contributed by atoms with Gasteiger partial charge in [0.2, 0.25) is 11.8 Å². The molecule has 1 aliphatic carbocycles. The third-order valence-corrected chi connectivity index (χ3v) is 5.03. The van der Waals surface area contributed by atoms with Crippen LogP contribution >= 0.6 is 0 Å². The maximum atomic E-state index is 12.3. The maximum Gasteiger partial charge on any atom is 0.233 e. The summed E-state index contributed by atoms with van der Waals surface area (Å²) < 4.78 is 0. The molecule has 20 heavy (non-hydrogen) atoms. The fraction of sp³-hybridized carbons (Fsp3) is 0.867.